The number of H-pyrrole nitrogens is 1. The number of aromatic amines is 1. The summed E-state index contributed by atoms with van der Waals surface area (Å²) < 4.78 is 0. The van der Waals surface area contributed by atoms with E-state index in [0.717, 1.165) is 39.3 Å². The number of rotatable bonds is 2. The molecule has 0 unspecified atom stereocenters. The Morgan fingerprint density at radius 3 is 2.55 bits per heavy atom. The van der Waals surface area contributed by atoms with E-state index in [2.05, 4.69) is 20.3 Å². The van der Waals surface area contributed by atoms with Crippen LogP contribution in [0.25, 0.3) is 39.4 Å². The summed E-state index contributed by atoms with van der Waals surface area (Å²) >= 11 is 13.0. The summed E-state index contributed by atoms with van der Waals surface area (Å²) in [4.78, 5) is 35.7. The van der Waals surface area contributed by atoms with Crippen LogP contribution in [0.15, 0.2) is 47.4 Å². The maximum Gasteiger partial charge on any atom is 0.290 e. The van der Waals surface area contributed by atoms with Crippen LogP contribution >= 0.6 is 35.0 Å². The number of nitrogens with one attached hydrogen (secondary N) is 2. The van der Waals surface area contributed by atoms with Crippen LogP contribution in [0.5, 0.6) is 0 Å². The average Bonchev–Trinajstić information content (AvgIpc) is 3.24. The number of hydrogen-bond acceptors (Lipinski definition) is 5. The van der Waals surface area contributed by atoms with Crippen molar-refractivity contribution in [3.8, 4) is 11.4 Å². The molecule has 2 aromatic carbocycles. The number of carbonyl (C=O) groups is 2. The molecule has 0 aliphatic carbocycles. The van der Waals surface area contributed by atoms with Crippen LogP contribution in [0.3, 0.4) is 0 Å². The Morgan fingerprint density at radius 2 is 1.76 bits per heavy atom. The normalized spacial score (nSPS) is 15.6. The van der Waals surface area contributed by atoms with Gasteiger partial charge in [-0.15, -0.1) is 0 Å². The van der Waals surface area contributed by atoms with Gasteiger partial charge in [0.1, 0.15) is 5.82 Å². The minimum Gasteiger partial charge on any atom is -0.338 e. The van der Waals surface area contributed by atoms with E-state index >= 15 is 0 Å². The van der Waals surface area contributed by atoms with Gasteiger partial charge in [-0.05, 0) is 54.2 Å². The fourth-order valence-electron chi connectivity index (χ4n) is 3.07. The van der Waals surface area contributed by atoms with Crippen LogP contribution in [-0.4, -0.2) is 26.1 Å². The summed E-state index contributed by atoms with van der Waals surface area (Å²) in [5.74, 6) is 0.298. The molecule has 3 heterocycles. The molecule has 6 nitrogen and oxygen atoms in total. The van der Waals surface area contributed by atoms with Gasteiger partial charge in [-0.3, -0.25) is 14.9 Å². The van der Waals surface area contributed by atoms with E-state index in [1.807, 2.05) is 24.3 Å². The molecule has 5 rings (SSSR count). The summed E-state index contributed by atoms with van der Waals surface area (Å²) in [6.07, 6.45) is 1.60. The topological polar surface area (TPSA) is 87.7 Å². The average molecular weight is 441 g/mol. The first-order valence-corrected chi connectivity index (χ1v) is 10.0. The Bertz CT molecular complexity index is 1340. The minimum atomic E-state index is -0.401. The van der Waals surface area contributed by atoms with Crippen LogP contribution in [0.4, 0.5) is 4.79 Å². The van der Waals surface area contributed by atoms with Crippen LogP contribution in [0.2, 0.25) is 10.0 Å². The first-order valence-electron chi connectivity index (χ1n) is 8.47. The van der Waals surface area contributed by atoms with Crippen molar-refractivity contribution in [2.45, 2.75) is 0 Å². The fraction of sp³-hybridized carbons (Fsp3) is 0. The zero-order valence-corrected chi connectivity index (χ0v) is 16.8. The molecular formula is C20H10Cl2N4O2S. The Morgan fingerprint density at radius 1 is 0.931 bits per heavy atom. The highest BCUT2D eigenvalue weighted by Crippen LogP contribution is 2.30. The number of carbonyl (C=O) groups excluding carboxylic acids is 2. The van der Waals surface area contributed by atoms with E-state index < -0.39 is 5.91 Å². The second kappa shape index (κ2) is 6.88. The fourth-order valence-corrected chi connectivity index (χ4v) is 4.05. The molecule has 142 valence electrons. The van der Waals surface area contributed by atoms with E-state index in [1.165, 1.54) is 0 Å². The Balaban J connectivity index is 1.52. The lowest BCUT2D eigenvalue weighted by molar-refractivity contribution is -0.115. The molecule has 1 aliphatic heterocycles. The van der Waals surface area contributed by atoms with E-state index in [-0.39, 0.29) is 5.24 Å². The van der Waals surface area contributed by atoms with E-state index in [0.29, 0.717) is 26.5 Å². The number of thioether (sulfide) groups is 1. The second-order valence-corrected chi connectivity index (χ2v) is 8.19. The standard InChI is InChI=1S/C20H10Cl2N4O2S/c21-12-7-15-16(8-13(12)22)25-18(24-15)10-2-4-14-9(5-10)1-3-11(23-14)6-17-19(27)26-20(28)29-17/h1-8H,(H,24,25)(H,26,27,28)/b17-6-. The Hall–Kier alpha value is -2.87. The van der Waals surface area contributed by atoms with Gasteiger partial charge in [-0.25, -0.2) is 9.97 Å². The lowest BCUT2D eigenvalue weighted by atomic mass is 10.1. The van der Waals surface area contributed by atoms with Gasteiger partial charge in [-0.1, -0.05) is 29.3 Å². The first kappa shape index (κ1) is 18.2. The summed E-state index contributed by atoms with van der Waals surface area (Å²) in [5.41, 5.74) is 3.80. The van der Waals surface area contributed by atoms with Crippen molar-refractivity contribution in [3.63, 3.8) is 0 Å². The van der Waals surface area contributed by atoms with Crippen molar-refractivity contribution in [2.75, 3.05) is 0 Å². The van der Waals surface area contributed by atoms with E-state index in [4.69, 9.17) is 23.2 Å². The zero-order chi connectivity index (χ0) is 20.1. The molecule has 0 spiro atoms. The molecule has 0 bridgehead atoms. The van der Waals surface area contributed by atoms with Gasteiger partial charge in [-0.2, -0.15) is 0 Å². The first-order chi connectivity index (χ1) is 14.0. The summed E-state index contributed by atoms with van der Waals surface area (Å²) in [6.45, 7) is 0. The number of amides is 2. The largest absolute Gasteiger partial charge is 0.338 e. The van der Waals surface area contributed by atoms with E-state index in [1.54, 1.807) is 24.3 Å². The third kappa shape index (κ3) is 3.37. The molecule has 2 aromatic heterocycles. The monoisotopic (exact) mass is 440 g/mol. The number of aromatic nitrogens is 3. The quantitative estimate of drug-likeness (QED) is 0.406. The molecule has 0 atom stereocenters. The number of pyridine rings is 1. The smallest absolute Gasteiger partial charge is 0.290 e. The molecule has 2 amide bonds. The van der Waals surface area contributed by atoms with Crippen molar-refractivity contribution in [3.05, 3.63) is 63.1 Å². The number of imide groups is 1. The SMILES string of the molecule is O=C1NC(=O)/C(=C/c2ccc3cc(-c4nc5cc(Cl)c(Cl)cc5[nH]4)ccc3n2)S1. The molecule has 9 heteroatoms. The zero-order valence-electron chi connectivity index (χ0n) is 14.5. The maximum absolute atomic E-state index is 11.7. The number of hydrogen-bond donors (Lipinski definition) is 2. The van der Waals surface area contributed by atoms with Crippen LogP contribution in [-0.2, 0) is 4.79 Å². The molecule has 1 saturated heterocycles. The number of halogens is 2. The van der Waals surface area contributed by atoms with Gasteiger partial charge in [0.2, 0.25) is 0 Å². The van der Waals surface area contributed by atoms with Crippen molar-refractivity contribution >= 4 is 74.1 Å². The predicted octanol–water partition coefficient (Wildman–Crippen LogP) is 5.41. The molecule has 0 radical (unpaired) electrons. The lowest BCUT2D eigenvalue weighted by Crippen LogP contribution is -2.17. The third-order valence-corrected chi connectivity index (χ3v) is 5.96. The van der Waals surface area contributed by atoms with Crippen LogP contribution in [0.1, 0.15) is 5.69 Å². The Labute approximate surface area is 178 Å². The highest BCUT2D eigenvalue weighted by molar-refractivity contribution is 8.18. The van der Waals surface area contributed by atoms with Gasteiger partial charge in [0, 0.05) is 10.9 Å². The lowest BCUT2D eigenvalue weighted by Gasteiger charge is -2.02. The van der Waals surface area contributed by atoms with Crippen molar-refractivity contribution in [1.29, 1.82) is 0 Å². The van der Waals surface area contributed by atoms with Crippen LogP contribution < -0.4 is 5.32 Å². The molecule has 4 aromatic rings. The Kier molecular flexibility index (Phi) is 4.31. The van der Waals surface area contributed by atoms with Crippen molar-refractivity contribution in [2.24, 2.45) is 0 Å². The summed E-state index contributed by atoms with van der Waals surface area (Å²) in [5, 5.41) is 3.70. The number of imidazole rings is 1. The highest BCUT2D eigenvalue weighted by atomic mass is 35.5. The molecule has 2 N–H and O–H groups in total. The third-order valence-electron chi connectivity index (χ3n) is 4.43. The number of nitrogens with zero attached hydrogens (tertiary/aromatic N) is 2. The van der Waals surface area contributed by atoms with Crippen LogP contribution in [0, 0.1) is 0 Å². The molecule has 1 fully saturated rings. The van der Waals surface area contributed by atoms with Gasteiger partial charge >= 0.3 is 0 Å². The second-order valence-electron chi connectivity index (χ2n) is 6.36. The van der Waals surface area contributed by atoms with Gasteiger partial charge < -0.3 is 4.98 Å². The van der Waals surface area contributed by atoms with E-state index in [9.17, 15) is 9.59 Å². The minimum absolute atomic E-state index is 0.332. The summed E-state index contributed by atoms with van der Waals surface area (Å²) in [6, 6.07) is 13.0. The highest BCUT2D eigenvalue weighted by Gasteiger charge is 2.25. The maximum atomic E-state index is 11.7. The van der Waals surface area contributed by atoms with Crippen molar-refractivity contribution < 1.29 is 9.59 Å². The molecular weight excluding hydrogens is 431 g/mol. The molecule has 1 aliphatic rings. The predicted molar refractivity (Wildman–Crippen MR) is 116 cm³/mol. The van der Waals surface area contributed by atoms with Gasteiger partial charge in [0.25, 0.3) is 11.1 Å². The molecule has 0 saturated carbocycles. The van der Waals surface area contributed by atoms with Crippen molar-refractivity contribution in [1.82, 2.24) is 20.3 Å². The summed E-state index contributed by atoms with van der Waals surface area (Å²) in [7, 11) is 0. The molecule has 29 heavy (non-hydrogen) atoms. The number of benzene rings is 2. The van der Waals surface area contributed by atoms with Gasteiger partial charge in [0.15, 0.2) is 0 Å². The number of fused-ring (bicyclic) bond motifs is 2. The van der Waals surface area contributed by atoms with Gasteiger partial charge in [0.05, 0.1) is 37.2 Å².